The second-order valence-corrected chi connectivity index (χ2v) is 5.18. The highest BCUT2D eigenvalue weighted by Crippen LogP contribution is 2.26. The Bertz CT molecular complexity index is 580. The van der Waals surface area contributed by atoms with Crippen LogP contribution in [0.25, 0.3) is 0 Å². The van der Waals surface area contributed by atoms with Crippen molar-refractivity contribution in [2.75, 3.05) is 18.5 Å². The van der Waals surface area contributed by atoms with E-state index in [0.717, 1.165) is 17.9 Å². The number of halogens is 1. The number of hydrogen-bond donors (Lipinski definition) is 1. The van der Waals surface area contributed by atoms with Gasteiger partial charge in [0.25, 0.3) is 0 Å². The van der Waals surface area contributed by atoms with Gasteiger partial charge in [0.1, 0.15) is 5.82 Å². The highest BCUT2D eigenvalue weighted by atomic mass is 32.2. The fourth-order valence-electron chi connectivity index (χ4n) is 1.50. The third-order valence-electron chi connectivity index (χ3n) is 2.42. The van der Waals surface area contributed by atoms with E-state index in [0.29, 0.717) is 17.7 Å². The summed E-state index contributed by atoms with van der Waals surface area (Å²) in [7, 11) is 0. The summed E-state index contributed by atoms with van der Waals surface area (Å²) in [5.41, 5.74) is 0. The van der Waals surface area contributed by atoms with Crippen LogP contribution in [0.4, 0.5) is 10.3 Å². The Balaban J connectivity index is 2.19. The van der Waals surface area contributed by atoms with Crippen molar-refractivity contribution in [2.45, 2.75) is 30.3 Å². The molecular weight excluding hydrogens is 291 g/mol. The molecule has 0 amide bonds. The molecule has 1 heterocycles. The molecule has 0 saturated heterocycles. The lowest BCUT2D eigenvalue weighted by Gasteiger charge is -2.08. The van der Waals surface area contributed by atoms with Crippen molar-refractivity contribution < 1.29 is 9.13 Å². The van der Waals surface area contributed by atoms with Crippen LogP contribution < -0.4 is 10.1 Å². The van der Waals surface area contributed by atoms with Crippen molar-refractivity contribution >= 4 is 17.7 Å². The molecule has 0 saturated carbocycles. The molecular formula is C14H17FN4OS. The van der Waals surface area contributed by atoms with E-state index in [1.54, 1.807) is 12.1 Å². The lowest BCUT2D eigenvalue weighted by molar-refractivity contribution is 0.308. The van der Waals surface area contributed by atoms with Gasteiger partial charge in [0.05, 0.1) is 6.61 Å². The quantitative estimate of drug-likeness (QED) is 0.846. The number of anilines is 1. The van der Waals surface area contributed by atoms with Crippen molar-refractivity contribution in [1.82, 2.24) is 15.0 Å². The van der Waals surface area contributed by atoms with Crippen LogP contribution >= 0.6 is 11.8 Å². The molecule has 2 rings (SSSR count). The van der Waals surface area contributed by atoms with Gasteiger partial charge in [-0.2, -0.15) is 15.0 Å². The molecule has 112 valence electrons. The number of nitrogens with one attached hydrogen (secondary N) is 1. The molecule has 1 aromatic carbocycles. The number of hydrogen-bond acceptors (Lipinski definition) is 6. The van der Waals surface area contributed by atoms with Gasteiger partial charge in [-0.1, -0.05) is 6.92 Å². The molecule has 0 aliphatic heterocycles. The zero-order valence-corrected chi connectivity index (χ0v) is 12.8. The average molecular weight is 308 g/mol. The van der Waals surface area contributed by atoms with E-state index in [9.17, 15) is 4.39 Å². The monoisotopic (exact) mass is 308 g/mol. The van der Waals surface area contributed by atoms with Crippen LogP contribution in [0.2, 0.25) is 0 Å². The summed E-state index contributed by atoms with van der Waals surface area (Å²) in [5, 5.41) is 3.63. The summed E-state index contributed by atoms with van der Waals surface area (Å²) >= 11 is 1.34. The minimum atomic E-state index is -0.268. The molecule has 0 atom stereocenters. The third kappa shape index (κ3) is 4.86. The van der Waals surface area contributed by atoms with E-state index in [1.165, 1.54) is 23.9 Å². The largest absolute Gasteiger partial charge is 0.464 e. The van der Waals surface area contributed by atoms with Crippen molar-refractivity contribution in [2.24, 2.45) is 0 Å². The molecule has 2 aromatic rings. The summed E-state index contributed by atoms with van der Waals surface area (Å²) in [6.45, 7) is 5.19. The topological polar surface area (TPSA) is 59.9 Å². The Kier molecular flexibility index (Phi) is 5.74. The van der Waals surface area contributed by atoms with E-state index in [4.69, 9.17) is 4.74 Å². The molecule has 0 unspecified atom stereocenters. The van der Waals surface area contributed by atoms with E-state index in [-0.39, 0.29) is 11.8 Å². The summed E-state index contributed by atoms with van der Waals surface area (Å²) in [6.07, 6.45) is 0.968. The molecule has 5 nitrogen and oxygen atoms in total. The van der Waals surface area contributed by atoms with Crippen LogP contribution in [0.15, 0.2) is 34.3 Å². The highest BCUT2D eigenvalue weighted by molar-refractivity contribution is 7.99. The SMILES string of the molecule is CCCNc1nc(OCC)nc(Sc2ccc(F)cc2)n1. The van der Waals surface area contributed by atoms with Crippen LogP contribution in [0.3, 0.4) is 0 Å². The van der Waals surface area contributed by atoms with Crippen molar-refractivity contribution in [3.63, 3.8) is 0 Å². The molecule has 21 heavy (non-hydrogen) atoms. The Morgan fingerprint density at radius 1 is 1.14 bits per heavy atom. The first kappa shape index (κ1) is 15.5. The Labute approximate surface area is 127 Å². The Morgan fingerprint density at radius 3 is 2.57 bits per heavy atom. The predicted molar refractivity (Wildman–Crippen MR) is 80.3 cm³/mol. The van der Waals surface area contributed by atoms with E-state index in [2.05, 4.69) is 27.2 Å². The molecule has 0 aliphatic rings. The maximum Gasteiger partial charge on any atom is 0.322 e. The standard InChI is InChI=1S/C14H17FN4OS/c1-3-9-16-12-17-13(20-4-2)19-14(18-12)21-11-7-5-10(15)6-8-11/h5-8H,3-4,9H2,1-2H3,(H,16,17,18,19). The molecule has 0 bridgehead atoms. The normalized spacial score (nSPS) is 10.4. The Hall–Kier alpha value is -1.89. The molecule has 0 fully saturated rings. The van der Waals surface area contributed by atoms with Gasteiger partial charge in [-0.3, -0.25) is 0 Å². The van der Waals surface area contributed by atoms with Gasteiger partial charge in [0.15, 0.2) is 0 Å². The third-order valence-corrected chi connectivity index (χ3v) is 3.30. The summed E-state index contributed by atoms with van der Waals surface area (Å²) < 4.78 is 18.3. The zero-order valence-electron chi connectivity index (χ0n) is 12.0. The van der Waals surface area contributed by atoms with Crippen LogP contribution in [-0.2, 0) is 0 Å². The zero-order chi connectivity index (χ0) is 15.1. The fraction of sp³-hybridized carbons (Fsp3) is 0.357. The summed E-state index contributed by atoms with van der Waals surface area (Å²) in [5.74, 6) is 0.218. The first-order valence-electron chi connectivity index (χ1n) is 6.77. The van der Waals surface area contributed by atoms with Gasteiger partial charge in [0.2, 0.25) is 11.1 Å². The molecule has 0 radical (unpaired) electrons. The molecule has 1 N–H and O–H groups in total. The second-order valence-electron chi connectivity index (χ2n) is 4.14. The first-order valence-corrected chi connectivity index (χ1v) is 7.59. The van der Waals surface area contributed by atoms with Crippen LogP contribution in [-0.4, -0.2) is 28.1 Å². The van der Waals surface area contributed by atoms with Gasteiger partial charge in [-0.15, -0.1) is 0 Å². The number of ether oxygens (including phenoxy) is 1. The molecule has 1 aromatic heterocycles. The lowest BCUT2D eigenvalue weighted by atomic mass is 10.4. The second kappa shape index (κ2) is 7.78. The fourth-order valence-corrected chi connectivity index (χ4v) is 2.24. The van der Waals surface area contributed by atoms with Crippen molar-refractivity contribution in [3.05, 3.63) is 30.1 Å². The van der Waals surface area contributed by atoms with E-state index >= 15 is 0 Å². The summed E-state index contributed by atoms with van der Waals surface area (Å²) in [4.78, 5) is 13.6. The average Bonchev–Trinajstić information content (AvgIpc) is 2.48. The molecule has 0 spiro atoms. The van der Waals surface area contributed by atoms with Crippen molar-refractivity contribution in [1.29, 1.82) is 0 Å². The van der Waals surface area contributed by atoms with Gasteiger partial charge in [-0.05, 0) is 49.4 Å². The minimum absolute atomic E-state index is 0.268. The van der Waals surface area contributed by atoms with Gasteiger partial charge >= 0.3 is 6.01 Å². The lowest BCUT2D eigenvalue weighted by Crippen LogP contribution is -2.08. The maximum absolute atomic E-state index is 12.9. The molecule has 7 heteroatoms. The minimum Gasteiger partial charge on any atom is -0.464 e. The first-order chi connectivity index (χ1) is 10.2. The van der Waals surface area contributed by atoms with E-state index < -0.39 is 0 Å². The number of rotatable bonds is 7. The smallest absolute Gasteiger partial charge is 0.322 e. The van der Waals surface area contributed by atoms with Gasteiger partial charge in [-0.25, -0.2) is 4.39 Å². The Morgan fingerprint density at radius 2 is 1.90 bits per heavy atom. The predicted octanol–water partition coefficient (Wildman–Crippen LogP) is 3.38. The van der Waals surface area contributed by atoms with Crippen LogP contribution in [0, 0.1) is 5.82 Å². The van der Waals surface area contributed by atoms with Gasteiger partial charge in [0, 0.05) is 11.4 Å². The number of benzene rings is 1. The molecule has 0 aliphatic carbocycles. The summed E-state index contributed by atoms with van der Waals surface area (Å²) in [6, 6.07) is 6.47. The van der Waals surface area contributed by atoms with Crippen molar-refractivity contribution in [3.8, 4) is 6.01 Å². The van der Waals surface area contributed by atoms with Crippen LogP contribution in [0.1, 0.15) is 20.3 Å². The number of nitrogens with zero attached hydrogens (tertiary/aromatic N) is 3. The van der Waals surface area contributed by atoms with Crippen LogP contribution in [0.5, 0.6) is 6.01 Å². The van der Waals surface area contributed by atoms with E-state index in [1.807, 2.05) is 6.92 Å². The van der Waals surface area contributed by atoms with Gasteiger partial charge < -0.3 is 10.1 Å². The maximum atomic E-state index is 12.9. The number of aromatic nitrogens is 3. The highest BCUT2D eigenvalue weighted by Gasteiger charge is 2.08.